The van der Waals surface area contributed by atoms with Crippen LogP contribution in [0.15, 0.2) is 36.7 Å². The van der Waals surface area contributed by atoms with Gasteiger partial charge in [-0.15, -0.1) is 0 Å². The number of rotatable bonds is 5. The van der Waals surface area contributed by atoms with Crippen LogP contribution in [0.1, 0.15) is 43.1 Å². The van der Waals surface area contributed by atoms with Crippen molar-refractivity contribution < 1.29 is 4.79 Å². The maximum Gasteiger partial charge on any atom is 0.144 e. The predicted molar refractivity (Wildman–Crippen MR) is 76.4 cm³/mol. The van der Waals surface area contributed by atoms with Gasteiger partial charge in [0.15, 0.2) is 0 Å². The molecule has 3 rings (SSSR count). The molecule has 0 saturated heterocycles. The molecule has 2 heterocycles. The van der Waals surface area contributed by atoms with E-state index < -0.39 is 0 Å². The summed E-state index contributed by atoms with van der Waals surface area (Å²) in [5, 5.41) is 4.55. The van der Waals surface area contributed by atoms with Crippen molar-refractivity contribution in [1.82, 2.24) is 14.8 Å². The smallest absolute Gasteiger partial charge is 0.144 e. The van der Waals surface area contributed by atoms with E-state index in [0.29, 0.717) is 18.9 Å². The quantitative estimate of drug-likeness (QED) is 0.838. The zero-order chi connectivity index (χ0) is 13.8. The first-order chi connectivity index (χ1) is 9.81. The van der Waals surface area contributed by atoms with Crippen LogP contribution in [-0.4, -0.2) is 20.5 Å². The first-order valence-corrected chi connectivity index (χ1v) is 7.27. The number of carbonyl (C=O) groups excluding carboxylic acids is 1. The van der Waals surface area contributed by atoms with Gasteiger partial charge in [-0.1, -0.05) is 18.9 Å². The molecular weight excluding hydrogens is 250 g/mol. The van der Waals surface area contributed by atoms with Crippen LogP contribution in [0.3, 0.4) is 0 Å². The predicted octanol–water partition coefficient (Wildman–Crippen LogP) is 2.75. The SMILES string of the molecule is O=C(Cc1ccccn1)Cc1ccn(C2CCCC2)n1. The molecule has 0 aliphatic heterocycles. The van der Waals surface area contributed by atoms with Crippen molar-refractivity contribution in [2.75, 3.05) is 0 Å². The first-order valence-electron chi connectivity index (χ1n) is 7.27. The molecule has 0 aromatic carbocycles. The third-order valence-corrected chi connectivity index (χ3v) is 3.85. The fraction of sp³-hybridized carbons (Fsp3) is 0.438. The molecule has 2 aromatic rings. The normalized spacial score (nSPS) is 15.6. The van der Waals surface area contributed by atoms with Gasteiger partial charge in [-0.05, 0) is 31.0 Å². The topological polar surface area (TPSA) is 47.8 Å². The lowest BCUT2D eigenvalue weighted by molar-refractivity contribution is -0.117. The Morgan fingerprint density at radius 2 is 1.95 bits per heavy atom. The summed E-state index contributed by atoms with van der Waals surface area (Å²) in [5.41, 5.74) is 1.70. The highest BCUT2D eigenvalue weighted by atomic mass is 16.1. The summed E-state index contributed by atoms with van der Waals surface area (Å²) < 4.78 is 2.04. The Hall–Kier alpha value is -1.97. The summed E-state index contributed by atoms with van der Waals surface area (Å²) in [7, 11) is 0. The lowest BCUT2D eigenvalue weighted by Crippen LogP contribution is -2.10. The fourth-order valence-corrected chi connectivity index (χ4v) is 2.81. The van der Waals surface area contributed by atoms with E-state index >= 15 is 0 Å². The van der Waals surface area contributed by atoms with Gasteiger partial charge in [0.1, 0.15) is 5.78 Å². The van der Waals surface area contributed by atoms with Gasteiger partial charge in [-0.25, -0.2) is 0 Å². The molecule has 2 aromatic heterocycles. The number of carbonyl (C=O) groups is 1. The summed E-state index contributed by atoms with van der Waals surface area (Å²) in [5.74, 6) is 0.167. The minimum absolute atomic E-state index is 0.167. The van der Waals surface area contributed by atoms with Gasteiger partial charge in [-0.3, -0.25) is 14.5 Å². The molecule has 0 bridgehead atoms. The highest BCUT2D eigenvalue weighted by Gasteiger charge is 2.18. The number of hydrogen-bond acceptors (Lipinski definition) is 3. The van der Waals surface area contributed by atoms with Gasteiger partial charge in [0.2, 0.25) is 0 Å². The van der Waals surface area contributed by atoms with E-state index in [-0.39, 0.29) is 5.78 Å². The van der Waals surface area contributed by atoms with E-state index in [4.69, 9.17) is 0 Å². The molecule has 0 amide bonds. The van der Waals surface area contributed by atoms with Crippen LogP contribution in [0.4, 0.5) is 0 Å². The average molecular weight is 269 g/mol. The molecule has 0 unspecified atom stereocenters. The Labute approximate surface area is 118 Å². The number of pyridine rings is 1. The molecule has 1 aliphatic carbocycles. The summed E-state index contributed by atoms with van der Waals surface area (Å²) >= 11 is 0. The zero-order valence-electron chi connectivity index (χ0n) is 11.5. The standard InChI is InChI=1S/C16H19N3O/c20-16(11-13-5-3-4-9-17-13)12-14-8-10-19(18-14)15-6-1-2-7-15/h3-5,8-10,15H,1-2,6-7,11-12H2. The molecule has 1 aliphatic rings. The van der Waals surface area contributed by atoms with Crippen molar-refractivity contribution in [1.29, 1.82) is 0 Å². The van der Waals surface area contributed by atoms with Crippen LogP contribution in [0.5, 0.6) is 0 Å². The van der Waals surface area contributed by atoms with Crippen molar-refractivity contribution in [3.8, 4) is 0 Å². The average Bonchev–Trinajstić information content (AvgIpc) is 3.10. The summed E-state index contributed by atoms with van der Waals surface area (Å²) in [6, 6.07) is 8.15. The number of nitrogens with zero attached hydrogens (tertiary/aromatic N) is 3. The third kappa shape index (κ3) is 3.13. The summed E-state index contributed by atoms with van der Waals surface area (Å²) in [4.78, 5) is 16.2. The zero-order valence-corrected chi connectivity index (χ0v) is 11.5. The van der Waals surface area contributed by atoms with E-state index in [2.05, 4.69) is 10.1 Å². The summed E-state index contributed by atoms with van der Waals surface area (Å²) in [6.45, 7) is 0. The Morgan fingerprint density at radius 3 is 2.70 bits per heavy atom. The highest BCUT2D eigenvalue weighted by molar-refractivity contribution is 5.82. The number of aromatic nitrogens is 3. The van der Waals surface area contributed by atoms with Crippen molar-refractivity contribution in [3.63, 3.8) is 0 Å². The van der Waals surface area contributed by atoms with Crippen molar-refractivity contribution in [2.45, 2.75) is 44.6 Å². The second-order valence-corrected chi connectivity index (χ2v) is 5.44. The van der Waals surface area contributed by atoms with E-state index in [1.165, 1.54) is 25.7 Å². The third-order valence-electron chi connectivity index (χ3n) is 3.85. The van der Waals surface area contributed by atoms with E-state index in [1.807, 2.05) is 35.1 Å². The van der Waals surface area contributed by atoms with Crippen LogP contribution >= 0.6 is 0 Å². The molecule has 0 radical (unpaired) electrons. The minimum Gasteiger partial charge on any atom is -0.299 e. The molecule has 104 valence electrons. The van der Waals surface area contributed by atoms with Gasteiger partial charge < -0.3 is 0 Å². The second kappa shape index (κ2) is 5.99. The largest absolute Gasteiger partial charge is 0.299 e. The fourth-order valence-electron chi connectivity index (χ4n) is 2.81. The Morgan fingerprint density at radius 1 is 1.15 bits per heavy atom. The van der Waals surface area contributed by atoms with Gasteiger partial charge in [0.05, 0.1) is 18.2 Å². The first kappa shape index (κ1) is 13.0. The molecule has 1 fully saturated rings. The van der Waals surface area contributed by atoms with E-state index in [1.54, 1.807) is 6.20 Å². The van der Waals surface area contributed by atoms with Crippen LogP contribution in [0, 0.1) is 0 Å². The van der Waals surface area contributed by atoms with Crippen molar-refractivity contribution in [2.24, 2.45) is 0 Å². The van der Waals surface area contributed by atoms with Crippen LogP contribution in [0.2, 0.25) is 0 Å². The van der Waals surface area contributed by atoms with Gasteiger partial charge in [0, 0.05) is 24.5 Å². The Balaban J connectivity index is 1.59. The molecule has 20 heavy (non-hydrogen) atoms. The van der Waals surface area contributed by atoms with E-state index in [9.17, 15) is 4.79 Å². The van der Waals surface area contributed by atoms with E-state index in [0.717, 1.165) is 11.4 Å². The number of ketones is 1. The van der Waals surface area contributed by atoms with Crippen LogP contribution in [0.25, 0.3) is 0 Å². The molecule has 4 heteroatoms. The van der Waals surface area contributed by atoms with Gasteiger partial charge in [0.25, 0.3) is 0 Å². The highest BCUT2D eigenvalue weighted by Crippen LogP contribution is 2.28. The molecule has 4 nitrogen and oxygen atoms in total. The monoisotopic (exact) mass is 269 g/mol. The van der Waals surface area contributed by atoms with Gasteiger partial charge >= 0.3 is 0 Å². The lowest BCUT2D eigenvalue weighted by Gasteiger charge is -2.08. The second-order valence-electron chi connectivity index (χ2n) is 5.44. The van der Waals surface area contributed by atoms with Crippen LogP contribution < -0.4 is 0 Å². The van der Waals surface area contributed by atoms with Crippen LogP contribution in [-0.2, 0) is 17.6 Å². The maximum absolute atomic E-state index is 12.0. The Bertz CT molecular complexity index is 570. The number of hydrogen-bond donors (Lipinski definition) is 0. The molecular formula is C16H19N3O. The maximum atomic E-state index is 12.0. The molecule has 0 N–H and O–H groups in total. The number of Topliss-reactive ketones (excluding diaryl/α,β-unsaturated/α-hetero) is 1. The van der Waals surface area contributed by atoms with Gasteiger partial charge in [-0.2, -0.15) is 5.10 Å². The lowest BCUT2D eigenvalue weighted by atomic mass is 10.1. The van der Waals surface area contributed by atoms with Crippen molar-refractivity contribution in [3.05, 3.63) is 48.0 Å². The Kier molecular flexibility index (Phi) is 3.90. The minimum atomic E-state index is 0.167. The molecule has 1 saturated carbocycles. The summed E-state index contributed by atoms with van der Waals surface area (Å²) in [6.07, 6.45) is 9.52. The molecule has 0 atom stereocenters. The molecule has 0 spiro atoms. The van der Waals surface area contributed by atoms with Crippen molar-refractivity contribution >= 4 is 5.78 Å².